The zero-order chi connectivity index (χ0) is 13.7. The summed E-state index contributed by atoms with van der Waals surface area (Å²) in [4.78, 5) is 10.4. The van der Waals surface area contributed by atoms with Crippen LogP contribution in [-0.2, 0) is 0 Å². The number of piperidine rings is 1. The first kappa shape index (κ1) is 20.0. The van der Waals surface area contributed by atoms with Crippen LogP contribution in [0.3, 0.4) is 0 Å². The van der Waals surface area contributed by atoms with Crippen molar-refractivity contribution in [3.63, 3.8) is 0 Å². The minimum Gasteiger partial charge on any atom is -0.369 e. The number of rotatable bonds is 1. The van der Waals surface area contributed by atoms with Gasteiger partial charge in [-0.25, -0.2) is 4.99 Å². The van der Waals surface area contributed by atoms with Gasteiger partial charge in [0.2, 0.25) is 5.96 Å². The van der Waals surface area contributed by atoms with Gasteiger partial charge in [0.25, 0.3) is 0 Å². The molecule has 0 aliphatic carbocycles. The Morgan fingerprint density at radius 1 is 1.10 bits per heavy atom. The Morgan fingerprint density at radius 3 is 2.38 bits per heavy atom. The lowest BCUT2D eigenvalue weighted by Crippen LogP contribution is -2.41. The second kappa shape index (κ2) is 9.87. The van der Waals surface area contributed by atoms with Crippen LogP contribution >= 0.6 is 40.7 Å². The summed E-state index contributed by atoms with van der Waals surface area (Å²) in [5, 5.41) is 0. The fraction of sp³-hybridized carbons (Fsp3) is 0.385. The van der Waals surface area contributed by atoms with Gasteiger partial charge in [-0.05, 0) is 37.5 Å². The zero-order valence-electron chi connectivity index (χ0n) is 11.5. The van der Waals surface area contributed by atoms with E-state index in [0.29, 0.717) is 5.96 Å². The molecular formula is C13H20BrCl2N5. The SMILES string of the molecule is Cl.Cl.NC(=Nc1cccc(Br)c1)/N=C(/N)N1CCCCC1. The number of benzene rings is 1. The summed E-state index contributed by atoms with van der Waals surface area (Å²) < 4.78 is 0.953. The van der Waals surface area contributed by atoms with E-state index in [1.54, 1.807) is 0 Å². The second-order valence-electron chi connectivity index (χ2n) is 4.47. The van der Waals surface area contributed by atoms with Crippen LogP contribution in [0.25, 0.3) is 0 Å². The predicted octanol–water partition coefficient (Wildman–Crippen LogP) is 3.04. The number of nitrogens with zero attached hydrogens (tertiary/aromatic N) is 3. The average molecular weight is 397 g/mol. The Morgan fingerprint density at radius 2 is 1.76 bits per heavy atom. The normalized spacial score (nSPS) is 16.0. The number of guanidine groups is 2. The van der Waals surface area contributed by atoms with Crippen molar-refractivity contribution in [3.05, 3.63) is 28.7 Å². The molecule has 21 heavy (non-hydrogen) atoms. The Balaban J connectivity index is 0.00000200. The first-order valence-electron chi connectivity index (χ1n) is 6.34. The molecule has 1 aromatic carbocycles. The summed E-state index contributed by atoms with van der Waals surface area (Å²) in [6.07, 6.45) is 3.56. The topological polar surface area (TPSA) is 80.0 Å². The smallest absolute Gasteiger partial charge is 0.223 e. The molecule has 1 aliphatic heterocycles. The molecule has 0 bridgehead atoms. The highest BCUT2D eigenvalue weighted by Crippen LogP contribution is 2.18. The van der Waals surface area contributed by atoms with Crippen molar-refractivity contribution in [3.8, 4) is 0 Å². The maximum Gasteiger partial charge on any atom is 0.223 e. The molecule has 8 heteroatoms. The molecule has 0 radical (unpaired) electrons. The Labute approximate surface area is 145 Å². The monoisotopic (exact) mass is 395 g/mol. The van der Waals surface area contributed by atoms with Crippen molar-refractivity contribution < 1.29 is 0 Å². The van der Waals surface area contributed by atoms with Gasteiger partial charge in [-0.15, -0.1) is 24.8 Å². The van der Waals surface area contributed by atoms with Crippen LogP contribution in [0.2, 0.25) is 0 Å². The van der Waals surface area contributed by atoms with Crippen LogP contribution in [0, 0.1) is 0 Å². The summed E-state index contributed by atoms with van der Waals surface area (Å²) in [6, 6.07) is 7.57. The van der Waals surface area contributed by atoms with Gasteiger partial charge in [-0.2, -0.15) is 4.99 Å². The lowest BCUT2D eigenvalue weighted by atomic mass is 10.1. The molecule has 0 spiro atoms. The van der Waals surface area contributed by atoms with Crippen LogP contribution in [0.5, 0.6) is 0 Å². The van der Waals surface area contributed by atoms with Crippen LogP contribution < -0.4 is 11.5 Å². The first-order chi connectivity index (χ1) is 9.15. The largest absolute Gasteiger partial charge is 0.369 e. The maximum absolute atomic E-state index is 5.94. The van der Waals surface area contributed by atoms with Gasteiger partial charge in [0, 0.05) is 17.6 Å². The minimum atomic E-state index is 0. The van der Waals surface area contributed by atoms with Gasteiger partial charge in [-0.3, -0.25) is 0 Å². The zero-order valence-corrected chi connectivity index (χ0v) is 14.8. The molecule has 5 nitrogen and oxygen atoms in total. The quantitative estimate of drug-likeness (QED) is 0.565. The van der Waals surface area contributed by atoms with Gasteiger partial charge >= 0.3 is 0 Å². The predicted molar refractivity (Wildman–Crippen MR) is 97.0 cm³/mol. The van der Waals surface area contributed by atoms with Gasteiger partial charge < -0.3 is 16.4 Å². The van der Waals surface area contributed by atoms with E-state index in [2.05, 4.69) is 25.9 Å². The molecule has 1 heterocycles. The van der Waals surface area contributed by atoms with Crippen molar-refractivity contribution >= 4 is 58.4 Å². The molecule has 1 fully saturated rings. The lowest BCUT2D eigenvalue weighted by molar-refractivity contribution is 0.339. The molecule has 4 N–H and O–H groups in total. The van der Waals surface area contributed by atoms with E-state index < -0.39 is 0 Å². The average Bonchev–Trinajstić information content (AvgIpc) is 2.39. The van der Waals surface area contributed by atoms with Crippen LogP contribution in [0.15, 0.2) is 38.7 Å². The summed E-state index contributed by atoms with van der Waals surface area (Å²) >= 11 is 3.39. The standard InChI is InChI=1S/C13H18BrN5.2ClH/c14-10-5-4-6-11(9-10)17-12(15)18-13(16)19-7-2-1-3-8-19;;/h4-6,9H,1-3,7-8H2,(H4,15,16,17,18);2*1H. The summed E-state index contributed by atoms with van der Waals surface area (Å²) in [5.41, 5.74) is 12.5. The molecule has 0 unspecified atom stereocenters. The number of hydrogen-bond acceptors (Lipinski definition) is 1. The number of likely N-dealkylation sites (tertiary alicyclic amines) is 1. The number of aliphatic imine (C=N–C) groups is 2. The molecule has 0 saturated carbocycles. The second-order valence-corrected chi connectivity index (χ2v) is 5.38. The summed E-state index contributed by atoms with van der Waals surface area (Å²) in [7, 11) is 0. The van der Waals surface area contributed by atoms with Crippen LogP contribution in [0.4, 0.5) is 5.69 Å². The van der Waals surface area contributed by atoms with E-state index in [9.17, 15) is 0 Å². The molecule has 0 aromatic heterocycles. The van der Waals surface area contributed by atoms with Crippen molar-refractivity contribution in [2.24, 2.45) is 21.5 Å². The molecular weight excluding hydrogens is 377 g/mol. The maximum atomic E-state index is 5.94. The lowest BCUT2D eigenvalue weighted by Gasteiger charge is -2.27. The van der Waals surface area contributed by atoms with Gasteiger partial charge in [0.15, 0.2) is 5.96 Å². The van der Waals surface area contributed by atoms with E-state index in [0.717, 1.165) is 36.1 Å². The molecule has 1 aliphatic rings. The third kappa shape index (κ3) is 6.54. The number of nitrogens with two attached hydrogens (primary N) is 2. The Bertz CT molecular complexity index is 501. The van der Waals surface area contributed by atoms with E-state index >= 15 is 0 Å². The fourth-order valence-electron chi connectivity index (χ4n) is 2.01. The Kier molecular flexibility index (Phi) is 9.41. The molecule has 118 valence electrons. The van der Waals surface area contributed by atoms with Crippen molar-refractivity contribution in [2.75, 3.05) is 13.1 Å². The molecule has 0 amide bonds. The highest BCUT2D eigenvalue weighted by molar-refractivity contribution is 9.10. The van der Waals surface area contributed by atoms with E-state index in [1.807, 2.05) is 29.2 Å². The minimum absolute atomic E-state index is 0. The van der Waals surface area contributed by atoms with E-state index in [-0.39, 0.29) is 30.8 Å². The molecule has 0 atom stereocenters. The molecule has 2 rings (SSSR count). The molecule has 1 aromatic rings. The molecule has 1 saturated heterocycles. The third-order valence-electron chi connectivity index (χ3n) is 2.96. The number of hydrogen-bond donors (Lipinski definition) is 2. The van der Waals surface area contributed by atoms with E-state index in [1.165, 1.54) is 6.42 Å². The van der Waals surface area contributed by atoms with Crippen molar-refractivity contribution in [2.45, 2.75) is 19.3 Å². The van der Waals surface area contributed by atoms with Crippen molar-refractivity contribution in [1.82, 2.24) is 4.90 Å². The van der Waals surface area contributed by atoms with E-state index in [4.69, 9.17) is 11.5 Å². The highest BCUT2D eigenvalue weighted by Gasteiger charge is 2.12. The van der Waals surface area contributed by atoms with Crippen molar-refractivity contribution in [1.29, 1.82) is 0 Å². The van der Waals surface area contributed by atoms with Gasteiger partial charge in [0.05, 0.1) is 5.69 Å². The van der Waals surface area contributed by atoms with Crippen LogP contribution in [-0.4, -0.2) is 29.9 Å². The van der Waals surface area contributed by atoms with Gasteiger partial charge in [0.1, 0.15) is 0 Å². The highest BCUT2D eigenvalue weighted by atomic mass is 79.9. The number of halogens is 3. The first-order valence-corrected chi connectivity index (χ1v) is 7.13. The van der Waals surface area contributed by atoms with Gasteiger partial charge in [-0.1, -0.05) is 22.0 Å². The summed E-state index contributed by atoms with van der Waals surface area (Å²) in [6.45, 7) is 1.89. The van der Waals surface area contributed by atoms with Crippen LogP contribution in [0.1, 0.15) is 19.3 Å². The summed E-state index contributed by atoms with van der Waals surface area (Å²) in [5.74, 6) is 0.636. The Hall–Kier alpha value is -0.980. The fourth-order valence-corrected chi connectivity index (χ4v) is 2.40. The third-order valence-corrected chi connectivity index (χ3v) is 3.45.